The summed E-state index contributed by atoms with van der Waals surface area (Å²) in [5, 5.41) is 0. The van der Waals surface area contributed by atoms with E-state index in [2.05, 4.69) is 105 Å². The third-order valence-electron chi connectivity index (χ3n) is 8.27. The molecule has 1 N–H and O–H groups in total. The van der Waals surface area contributed by atoms with E-state index in [1.54, 1.807) is 0 Å². The van der Waals surface area contributed by atoms with E-state index in [0.29, 0.717) is 23.9 Å². The summed E-state index contributed by atoms with van der Waals surface area (Å²) in [6.45, 7) is 4.00. The maximum absolute atomic E-state index is 12.7. The summed E-state index contributed by atoms with van der Waals surface area (Å²) in [4.78, 5) is 35.3. The van der Waals surface area contributed by atoms with Crippen LogP contribution in [-0.4, -0.2) is 74.9 Å². The van der Waals surface area contributed by atoms with Crippen LogP contribution in [0.1, 0.15) is 117 Å². The second kappa shape index (κ2) is 40.6. The number of ether oxygens (including phenoxy) is 2. The highest BCUT2D eigenvalue weighted by atomic mass is 31.2. The molecule has 0 radical (unpaired) electrons. The van der Waals surface area contributed by atoms with Gasteiger partial charge in [-0.05, 0) is 83.5 Å². The average Bonchev–Trinajstić information content (AvgIpc) is 3.20. The van der Waals surface area contributed by atoms with Gasteiger partial charge in [-0.3, -0.25) is 18.6 Å². The molecule has 0 spiro atoms. The predicted molar refractivity (Wildman–Crippen MR) is 251 cm³/mol. The lowest BCUT2D eigenvalue weighted by Crippen LogP contribution is -2.37. The Morgan fingerprint density at radius 3 is 1.53 bits per heavy atom. The molecule has 0 aliphatic rings. The quantitative estimate of drug-likeness (QED) is 0.0164. The number of hydrogen-bond acceptors (Lipinski definition) is 7. The van der Waals surface area contributed by atoms with Gasteiger partial charge < -0.3 is 18.9 Å². The molecule has 0 rings (SSSR count). The highest BCUT2D eigenvalue weighted by molar-refractivity contribution is 7.47. The number of unbranched alkanes of at least 4 members (excludes halogenated alkanes) is 4. The molecule has 0 saturated heterocycles. The first kappa shape index (κ1) is 56.1. The fraction of sp³-hybridized carbons (Fsp3) is 0.520. The van der Waals surface area contributed by atoms with Crippen molar-refractivity contribution in [3.63, 3.8) is 0 Å². The number of likely N-dealkylation sites (N-methyl/N-ethyl adjacent to an activating group) is 1. The Morgan fingerprint density at radius 2 is 1.00 bits per heavy atom. The van der Waals surface area contributed by atoms with Gasteiger partial charge in [-0.2, -0.15) is 0 Å². The van der Waals surface area contributed by atoms with Crippen LogP contribution in [0.4, 0.5) is 0 Å². The monoisotopic (exact) mass is 853 g/mol. The van der Waals surface area contributed by atoms with Crippen LogP contribution in [0, 0.1) is 0 Å². The van der Waals surface area contributed by atoms with Crippen LogP contribution in [0.3, 0.4) is 0 Å². The molecule has 10 heteroatoms. The number of esters is 2. The number of carbonyl (C=O) groups is 2. The van der Waals surface area contributed by atoms with Gasteiger partial charge in [0.05, 0.1) is 27.7 Å². The molecule has 2 atom stereocenters. The van der Waals surface area contributed by atoms with Gasteiger partial charge in [-0.1, -0.05) is 154 Å². The van der Waals surface area contributed by atoms with Gasteiger partial charge in [0.25, 0.3) is 0 Å². The Hall–Kier alpha value is -3.85. The van der Waals surface area contributed by atoms with E-state index < -0.39 is 32.5 Å². The summed E-state index contributed by atoms with van der Waals surface area (Å²) in [7, 11) is 1.39. The summed E-state index contributed by atoms with van der Waals surface area (Å²) in [6, 6.07) is 0. The van der Waals surface area contributed by atoms with E-state index in [-0.39, 0.29) is 26.1 Å². The summed E-state index contributed by atoms with van der Waals surface area (Å²) in [5.74, 6) is -0.933. The van der Waals surface area contributed by atoms with Crippen LogP contribution in [0.2, 0.25) is 0 Å². The van der Waals surface area contributed by atoms with E-state index in [0.717, 1.165) is 77.0 Å². The van der Waals surface area contributed by atoms with Crippen LogP contribution >= 0.6 is 7.82 Å². The van der Waals surface area contributed by atoms with Crippen LogP contribution in [-0.2, 0) is 32.7 Å². The molecule has 0 amide bonds. The molecular weight excluding hydrogens is 774 g/mol. The van der Waals surface area contributed by atoms with E-state index in [1.165, 1.54) is 0 Å². The average molecular weight is 853 g/mol. The van der Waals surface area contributed by atoms with Crippen molar-refractivity contribution in [3.8, 4) is 0 Å². The molecule has 0 aliphatic heterocycles. The number of phosphoric ester groups is 1. The normalized spacial score (nSPS) is 14.8. The van der Waals surface area contributed by atoms with Gasteiger partial charge in [0.2, 0.25) is 0 Å². The van der Waals surface area contributed by atoms with Gasteiger partial charge in [0.15, 0.2) is 6.10 Å². The van der Waals surface area contributed by atoms with E-state index in [1.807, 2.05) is 63.7 Å². The van der Waals surface area contributed by atoms with Gasteiger partial charge in [0, 0.05) is 12.8 Å². The number of phosphoric acid groups is 1. The Labute approximate surface area is 364 Å². The second-order valence-corrected chi connectivity index (χ2v) is 16.5. The highest BCUT2D eigenvalue weighted by Gasteiger charge is 2.27. The maximum atomic E-state index is 12.7. The van der Waals surface area contributed by atoms with Crippen molar-refractivity contribution in [1.29, 1.82) is 0 Å². The Morgan fingerprint density at radius 1 is 0.533 bits per heavy atom. The molecule has 0 aromatic heterocycles. The SMILES string of the molecule is CC/C=C/C=C/C=C/C=C/CCCCCC(=O)OC(COC(=O)CCC/C=C/C/C=C/C/C=C/C/C=C/C/C=C/C/C=C/C/C=C/CC)COP(=O)(O)OCC[N+](C)(C)C. The van der Waals surface area contributed by atoms with Crippen molar-refractivity contribution in [2.75, 3.05) is 47.5 Å². The van der Waals surface area contributed by atoms with Crippen molar-refractivity contribution in [2.45, 2.75) is 123 Å². The Kier molecular flexibility index (Phi) is 37.9. The lowest BCUT2D eigenvalue weighted by molar-refractivity contribution is -0.870. The first-order chi connectivity index (χ1) is 29.0. The summed E-state index contributed by atoms with van der Waals surface area (Å²) in [6.07, 6.45) is 58.1. The maximum Gasteiger partial charge on any atom is 0.472 e. The third kappa shape index (κ3) is 43.7. The number of nitrogens with zero attached hydrogens (tertiary/aromatic N) is 1. The summed E-state index contributed by atoms with van der Waals surface area (Å²) in [5.41, 5.74) is 0. The highest BCUT2D eigenvalue weighted by Crippen LogP contribution is 2.43. The number of quaternary nitrogens is 1. The molecule has 0 heterocycles. The molecule has 9 nitrogen and oxygen atoms in total. The minimum Gasteiger partial charge on any atom is -0.462 e. The van der Waals surface area contributed by atoms with Crippen molar-refractivity contribution in [2.24, 2.45) is 0 Å². The largest absolute Gasteiger partial charge is 0.472 e. The van der Waals surface area contributed by atoms with Crippen molar-refractivity contribution in [3.05, 3.63) is 134 Å². The second-order valence-electron chi connectivity index (χ2n) is 15.1. The fourth-order valence-corrected chi connectivity index (χ4v) is 5.63. The fourth-order valence-electron chi connectivity index (χ4n) is 4.89. The number of allylic oxidation sites excluding steroid dienone is 22. The molecule has 0 aromatic carbocycles. The lowest BCUT2D eigenvalue weighted by Gasteiger charge is -2.24. The number of carbonyl (C=O) groups excluding carboxylic acids is 2. The van der Waals surface area contributed by atoms with E-state index in [4.69, 9.17) is 18.5 Å². The van der Waals surface area contributed by atoms with Crippen LogP contribution < -0.4 is 0 Å². The van der Waals surface area contributed by atoms with E-state index in [9.17, 15) is 19.0 Å². The van der Waals surface area contributed by atoms with Crippen LogP contribution in [0.25, 0.3) is 0 Å². The topological polar surface area (TPSA) is 108 Å². The molecule has 0 saturated carbocycles. The van der Waals surface area contributed by atoms with Crippen molar-refractivity contribution >= 4 is 19.8 Å². The number of hydrogen-bond donors (Lipinski definition) is 1. The molecule has 60 heavy (non-hydrogen) atoms. The van der Waals surface area contributed by atoms with Crippen LogP contribution in [0.5, 0.6) is 0 Å². The third-order valence-corrected chi connectivity index (χ3v) is 9.25. The van der Waals surface area contributed by atoms with E-state index >= 15 is 0 Å². The molecule has 336 valence electrons. The Balaban J connectivity index is 4.51. The Bertz CT molecular complexity index is 1470. The van der Waals surface area contributed by atoms with Gasteiger partial charge in [-0.25, -0.2) is 4.57 Å². The van der Waals surface area contributed by atoms with Gasteiger partial charge in [-0.15, -0.1) is 0 Å². The zero-order valence-electron chi connectivity index (χ0n) is 37.6. The minimum absolute atomic E-state index is 0.00568. The zero-order valence-corrected chi connectivity index (χ0v) is 38.5. The number of rotatable bonds is 37. The molecule has 0 aromatic rings. The van der Waals surface area contributed by atoms with Gasteiger partial charge >= 0.3 is 19.8 Å². The van der Waals surface area contributed by atoms with Crippen molar-refractivity contribution in [1.82, 2.24) is 0 Å². The predicted octanol–water partition coefficient (Wildman–Crippen LogP) is 12.7. The summed E-state index contributed by atoms with van der Waals surface area (Å²) < 4.78 is 34.1. The molecular formula is C50H79NO8P+. The van der Waals surface area contributed by atoms with Gasteiger partial charge in [0.1, 0.15) is 19.8 Å². The van der Waals surface area contributed by atoms with Crippen molar-refractivity contribution < 1.29 is 42.1 Å². The molecule has 2 unspecified atom stereocenters. The smallest absolute Gasteiger partial charge is 0.462 e. The lowest BCUT2D eigenvalue weighted by atomic mass is 10.1. The first-order valence-corrected chi connectivity index (χ1v) is 23.5. The minimum atomic E-state index is -4.41. The summed E-state index contributed by atoms with van der Waals surface area (Å²) >= 11 is 0. The molecule has 0 fully saturated rings. The first-order valence-electron chi connectivity index (χ1n) is 22.0. The molecule has 0 aliphatic carbocycles. The van der Waals surface area contributed by atoms with Crippen LogP contribution in [0.15, 0.2) is 134 Å². The molecule has 0 bridgehead atoms. The standard InChI is InChI=1S/C50H78NO8P/c1-6-8-10-12-14-16-18-20-21-22-23-24-25-26-27-28-29-31-32-34-36-38-40-42-49(52)56-46-48(47-58-60(54,55)57-45-44-51(3,4)5)59-50(53)43-41-39-37-35-33-30-19-17-15-13-11-9-7-2/h8-11,13-17,19-21,23-24,26-27,29-31,33-34,36,48H,6-7,12,18,22,25,28,32,35,37-47H2,1-5H3/p+1/b10-8+,11-9+,15-13+,16-14+,19-17+,21-20+,24-23+,27-26+,31-29+,33-30+,36-34+. The zero-order chi connectivity index (χ0) is 44.3.